The predicted molar refractivity (Wildman–Crippen MR) is 135 cm³/mol. The molecule has 0 aliphatic rings. The van der Waals surface area contributed by atoms with E-state index in [0.29, 0.717) is 12.2 Å². The SMILES string of the molecule is COc1ccc(-c2cc(C(C)=NOCc3ccc(C#N)cc3)c(C)n2-c2cccc(C)c2)cc1. The highest BCUT2D eigenvalue weighted by Gasteiger charge is 2.17. The van der Waals surface area contributed by atoms with Gasteiger partial charge in [-0.15, -0.1) is 0 Å². The number of hydrogen-bond acceptors (Lipinski definition) is 4. The Morgan fingerprint density at radius 2 is 1.71 bits per heavy atom. The molecule has 1 aromatic heterocycles. The van der Waals surface area contributed by atoms with Crippen LogP contribution in [0.3, 0.4) is 0 Å². The highest BCUT2D eigenvalue weighted by atomic mass is 16.6. The lowest BCUT2D eigenvalue weighted by Crippen LogP contribution is -2.03. The van der Waals surface area contributed by atoms with E-state index in [9.17, 15) is 0 Å². The van der Waals surface area contributed by atoms with Gasteiger partial charge < -0.3 is 14.1 Å². The van der Waals surface area contributed by atoms with Crippen LogP contribution in [-0.4, -0.2) is 17.4 Å². The Morgan fingerprint density at radius 1 is 0.971 bits per heavy atom. The molecule has 0 aliphatic carbocycles. The van der Waals surface area contributed by atoms with Crippen LogP contribution in [0.5, 0.6) is 5.75 Å². The molecule has 4 aromatic rings. The molecular formula is C29H27N3O2. The lowest BCUT2D eigenvalue weighted by atomic mass is 10.1. The summed E-state index contributed by atoms with van der Waals surface area (Å²) < 4.78 is 7.59. The summed E-state index contributed by atoms with van der Waals surface area (Å²) in [6, 6.07) is 28.1. The van der Waals surface area contributed by atoms with Gasteiger partial charge in [0.05, 0.1) is 30.1 Å². The average molecular weight is 450 g/mol. The molecule has 0 saturated carbocycles. The van der Waals surface area contributed by atoms with Gasteiger partial charge in [0.25, 0.3) is 0 Å². The molecule has 0 aliphatic heterocycles. The smallest absolute Gasteiger partial charge is 0.142 e. The Hall–Kier alpha value is -4.30. The maximum atomic E-state index is 8.95. The molecule has 0 radical (unpaired) electrons. The first-order valence-corrected chi connectivity index (χ1v) is 11.1. The number of methoxy groups -OCH3 is 1. The summed E-state index contributed by atoms with van der Waals surface area (Å²) in [7, 11) is 1.67. The summed E-state index contributed by atoms with van der Waals surface area (Å²) in [6.07, 6.45) is 0. The molecule has 5 heteroatoms. The summed E-state index contributed by atoms with van der Waals surface area (Å²) in [5, 5.41) is 13.3. The van der Waals surface area contributed by atoms with Crippen molar-refractivity contribution in [3.05, 3.63) is 107 Å². The summed E-state index contributed by atoms with van der Waals surface area (Å²) in [6.45, 7) is 6.50. The first-order chi connectivity index (χ1) is 16.5. The summed E-state index contributed by atoms with van der Waals surface area (Å²) >= 11 is 0. The predicted octanol–water partition coefficient (Wildman–Crippen LogP) is 6.58. The van der Waals surface area contributed by atoms with E-state index in [1.54, 1.807) is 19.2 Å². The number of hydrogen-bond donors (Lipinski definition) is 0. The van der Waals surface area contributed by atoms with E-state index in [-0.39, 0.29) is 0 Å². The van der Waals surface area contributed by atoms with Gasteiger partial charge in [-0.2, -0.15) is 5.26 Å². The van der Waals surface area contributed by atoms with Crippen LogP contribution in [0.15, 0.2) is 84.0 Å². The van der Waals surface area contributed by atoms with Gasteiger partial charge in [0.1, 0.15) is 12.4 Å². The van der Waals surface area contributed by atoms with Crippen LogP contribution >= 0.6 is 0 Å². The zero-order valence-electron chi connectivity index (χ0n) is 19.9. The van der Waals surface area contributed by atoms with Crippen molar-refractivity contribution in [2.75, 3.05) is 7.11 Å². The Morgan fingerprint density at radius 3 is 2.35 bits per heavy atom. The Bertz CT molecular complexity index is 1360. The van der Waals surface area contributed by atoms with Gasteiger partial charge in [-0.25, -0.2) is 0 Å². The van der Waals surface area contributed by atoms with Gasteiger partial charge in [-0.1, -0.05) is 29.4 Å². The molecule has 170 valence electrons. The number of ether oxygens (including phenoxy) is 1. The highest BCUT2D eigenvalue weighted by molar-refractivity contribution is 6.01. The van der Waals surface area contributed by atoms with E-state index in [1.807, 2.05) is 31.2 Å². The van der Waals surface area contributed by atoms with Crippen molar-refractivity contribution < 1.29 is 9.57 Å². The summed E-state index contributed by atoms with van der Waals surface area (Å²) in [5.74, 6) is 0.823. The van der Waals surface area contributed by atoms with E-state index in [2.05, 4.69) is 72.1 Å². The van der Waals surface area contributed by atoms with Crippen molar-refractivity contribution in [3.8, 4) is 28.8 Å². The molecule has 3 aromatic carbocycles. The number of rotatable bonds is 7. The molecule has 0 N–H and O–H groups in total. The standard InChI is InChI=1S/C29H27N3O2/c1-20-6-5-7-26(16-20)32-22(3)28(17-29(32)25-12-14-27(33-4)15-13-25)21(2)31-34-19-24-10-8-23(18-30)9-11-24/h5-17H,19H2,1-4H3. The number of nitrogens with zero attached hydrogens (tertiary/aromatic N) is 3. The Balaban J connectivity index is 1.69. The third kappa shape index (κ3) is 4.87. The van der Waals surface area contributed by atoms with E-state index < -0.39 is 0 Å². The Labute approximate surface area is 200 Å². The number of nitriles is 1. The van der Waals surface area contributed by atoms with Crippen molar-refractivity contribution >= 4 is 5.71 Å². The summed E-state index contributed by atoms with van der Waals surface area (Å²) in [5.41, 5.74) is 8.94. The minimum atomic E-state index is 0.339. The normalized spacial score (nSPS) is 11.2. The topological polar surface area (TPSA) is 59.5 Å². The molecule has 0 fully saturated rings. The van der Waals surface area contributed by atoms with Gasteiger partial charge in [0.2, 0.25) is 0 Å². The van der Waals surface area contributed by atoms with Gasteiger partial charge in [-0.3, -0.25) is 0 Å². The zero-order valence-corrected chi connectivity index (χ0v) is 19.9. The molecule has 0 bridgehead atoms. The molecule has 0 amide bonds. The second-order valence-corrected chi connectivity index (χ2v) is 8.19. The molecule has 4 rings (SSSR count). The third-order valence-corrected chi connectivity index (χ3v) is 5.80. The largest absolute Gasteiger partial charge is 0.497 e. The molecule has 0 spiro atoms. The second kappa shape index (κ2) is 10.1. The quantitative estimate of drug-likeness (QED) is 0.236. The maximum Gasteiger partial charge on any atom is 0.142 e. The fourth-order valence-electron chi connectivity index (χ4n) is 3.98. The third-order valence-electron chi connectivity index (χ3n) is 5.80. The first kappa shape index (κ1) is 22.9. The van der Waals surface area contributed by atoms with Crippen LogP contribution in [0.25, 0.3) is 16.9 Å². The van der Waals surface area contributed by atoms with Crippen LogP contribution in [0.4, 0.5) is 0 Å². The molecule has 5 nitrogen and oxygen atoms in total. The van der Waals surface area contributed by atoms with Gasteiger partial charge in [0.15, 0.2) is 0 Å². The monoisotopic (exact) mass is 449 g/mol. The number of aryl methyl sites for hydroxylation is 1. The van der Waals surface area contributed by atoms with Crippen molar-refractivity contribution in [2.45, 2.75) is 27.4 Å². The van der Waals surface area contributed by atoms with Crippen LogP contribution < -0.4 is 4.74 Å². The van der Waals surface area contributed by atoms with Gasteiger partial charge >= 0.3 is 0 Å². The molecular weight excluding hydrogens is 422 g/mol. The minimum absolute atomic E-state index is 0.339. The van der Waals surface area contributed by atoms with Crippen LogP contribution in [0.1, 0.15) is 34.9 Å². The highest BCUT2D eigenvalue weighted by Crippen LogP contribution is 2.31. The number of benzene rings is 3. The van der Waals surface area contributed by atoms with Gasteiger partial charge in [0, 0.05) is 16.9 Å². The van der Waals surface area contributed by atoms with E-state index >= 15 is 0 Å². The maximum absolute atomic E-state index is 8.95. The summed E-state index contributed by atoms with van der Waals surface area (Å²) in [4.78, 5) is 5.65. The van der Waals surface area contributed by atoms with E-state index in [4.69, 9.17) is 14.8 Å². The van der Waals surface area contributed by atoms with Crippen molar-refractivity contribution in [3.63, 3.8) is 0 Å². The van der Waals surface area contributed by atoms with E-state index in [1.165, 1.54) is 5.56 Å². The van der Waals surface area contributed by atoms with Crippen LogP contribution in [0.2, 0.25) is 0 Å². The number of oxime groups is 1. The second-order valence-electron chi connectivity index (χ2n) is 8.19. The first-order valence-electron chi connectivity index (χ1n) is 11.1. The molecule has 0 atom stereocenters. The average Bonchev–Trinajstić information content (AvgIpc) is 3.21. The van der Waals surface area contributed by atoms with Crippen LogP contribution in [-0.2, 0) is 11.4 Å². The lowest BCUT2D eigenvalue weighted by Gasteiger charge is -2.13. The zero-order chi connectivity index (χ0) is 24.1. The van der Waals surface area contributed by atoms with Crippen LogP contribution in [0, 0.1) is 25.2 Å². The minimum Gasteiger partial charge on any atom is -0.497 e. The fraction of sp³-hybridized carbons (Fsp3) is 0.172. The molecule has 34 heavy (non-hydrogen) atoms. The molecule has 1 heterocycles. The molecule has 0 saturated heterocycles. The van der Waals surface area contributed by atoms with E-state index in [0.717, 1.165) is 45.2 Å². The van der Waals surface area contributed by atoms with Crippen molar-refractivity contribution in [1.82, 2.24) is 4.57 Å². The van der Waals surface area contributed by atoms with Gasteiger partial charge in [-0.05, 0) is 92.1 Å². The Kier molecular flexibility index (Phi) is 6.79. The lowest BCUT2D eigenvalue weighted by molar-refractivity contribution is 0.130. The fourth-order valence-corrected chi connectivity index (χ4v) is 3.98. The molecule has 0 unspecified atom stereocenters. The number of aromatic nitrogens is 1. The van der Waals surface area contributed by atoms with Crippen molar-refractivity contribution in [1.29, 1.82) is 5.26 Å². The van der Waals surface area contributed by atoms with Crippen molar-refractivity contribution in [2.24, 2.45) is 5.16 Å².